The maximum Gasteiger partial charge on any atom is 0.232 e. The van der Waals surface area contributed by atoms with E-state index in [-0.39, 0.29) is 24.8 Å². The van der Waals surface area contributed by atoms with Crippen LogP contribution < -0.4 is 5.32 Å². The molecule has 3 rings (SSSR count). The van der Waals surface area contributed by atoms with Gasteiger partial charge in [-0.15, -0.1) is 0 Å². The Morgan fingerprint density at radius 3 is 2.88 bits per heavy atom. The molecule has 0 fully saturated rings. The van der Waals surface area contributed by atoms with Gasteiger partial charge in [-0.25, -0.2) is 0 Å². The van der Waals surface area contributed by atoms with E-state index in [1.54, 1.807) is 4.90 Å². The lowest BCUT2D eigenvalue weighted by Crippen LogP contribution is -2.32. The quantitative estimate of drug-likeness (QED) is 0.824. The van der Waals surface area contributed by atoms with E-state index in [0.717, 1.165) is 29.7 Å². The van der Waals surface area contributed by atoms with Crippen molar-refractivity contribution in [3.63, 3.8) is 0 Å². The highest BCUT2D eigenvalue weighted by Gasteiger charge is 2.33. The van der Waals surface area contributed by atoms with Gasteiger partial charge in [0.25, 0.3) is 0 Å². The Morgan fingerprint density at radius 2 is 2.15 bits per heavy atom. The Balaban J connectivity index is 1.69. The maximum atomic E-state index is 12.8. The molecule has 138 valence electrons. The Morgan fingerprint density at radius 1 is 1.35 bits per heavy atom. The number of nitrogens with zero attached hydrogens (tertiary/aromatic N) is 3. The third-order valence-electron chi connectivity index (χ3n) is 4.58. The number of benzene rings is 1. The standard InChI is InChI=1S/C19H24N4O3/c1-4-6-17-21-16(22-26-17)11-23(5-2)18(24)10-14-13-9-12(3)7-8-15(13)20-19(14)25/h7-9,14H,4-6,10-11H2,1-3H3,(H,20,25). The zero-order chi connectivity index (χ0) is 18.7. The normalized spacial score (nSPS) is 15.7. The van der Waals surface area contributed by atoms with Crippen molar-refractivity contribution in [2.75, 3.05) is 11.9 Å². The molecule has 0 radical (unpaired) electrons. The molecule has 7 heteroatoms. The Labute approximate surface area is 152 Å². The van der Waals surface area contributed by atoms with Crippen LogP contribution in [0.3, 0.4) is 0 Å². The average molecular weight is 356 g/mol. The highest BCUT2D eigenvalue weighted by Crippen LogP contribution is 2.35. The van der Waals surface area contributed by atoms with Crippen LogP contribution in [0.4, 0.5) is 5.69 Å². The summed E-state index contributed by atoms with van der Waals surface area (Å²) in [7, 11) is 0. The first-order valence-corrected chi connectivity index (χ1v) is 9.02. The van der Waals surface area contributed by atoms with Gasteiger partial charge in [0.2, 0.25) is 17.7 Å². The van der Waals surface area contributed by atoms with Crippen LogP contribution in [0.25, 0.3) is 0 Å². The third kappa shape index (κ3) is 3.76. The van der Waals surface area contributed by atoms with Gasteiger partial charge in [-0.05, 0) is 31.9 Å². The number of hydrogen-bond donors (Lipinski definition) is 1. The van der Waals surface area contributed by atoms with Gasteiger partial charge in [-0.3, -0.25) is 9.59 Å². The van der Waals surface area contributed by atoms with Crippen molar-refractivity contribution in [1.82, 2.24) is 15.0 Å². The fraction of sp³-hybridized carbons (Fsp3) is 0.474. The lowest BCUT2D eigenvalue weighted by molar-refractivity contribution is -0.133. The van der Waals surface area contributed by atoms with Crippen LogP contribution in [-0.4, -0.2) is 33.4 Å². The van der Waals surface area contributed by atoms with E-state index in [1.165, 1.54) is 0 Å². The van der Waals surface area contributed by atoms with Crippen molar-refractivity contribution < 1.29 is 14.1 Å². The van der Waals surface area contributed by atoms with Crippen molar-refractivity contribution in [3.05, 3.63) is 41.0 Å². The van der Waals surface area contributed by atoms with Crippen LogP contribution in [0, 0.1) is 6.92 Å². The van der Waals surface area contributed by atoms with Crippen LogP contribution >= 0.6 is 0 Å². The summed E-state index contributed by atoms with van der Waals surface area (Å²) in [5, 5.41) is 6.79. The van der Waals surface area contributed by atoms with Crippen LogP contribution in [0.5, 0.6) is 0 Å². The number of aryl methyl sites for hydroxylation is 2. The van der Waals surface area contributed by atoms with Gasteiger partial charge >= 0.3 is 0 Å². The molecule has 7 nitrogen and oxygen atoms in total. The van der Waals surface area contributed by atoms with Crippen molar-refractivity contribution >= 4 is 17.5 Å². The summed E-state index contributed by atoms with van der Waals surface area (Å²) in [6, 6.07) is 5.81. The Bertz CT molecular complexity index is 815. The zero-order valence-electron chi connectivity index (χ0n) is 15.4. The number of rotatable bonds is 7. The third-order valence-corrected chi connectivity index (χ3v) is 4.58. The molecule has 2 aromatic rings. The van der Waals surface area contributed by atoms with Gasteiger partial charge in [-0.2, -0.15) is 4.98 Å². The Hall–Kier alpha value is -2.70. The SMILES string of the molecule is CCCc1nc(CN(CC)C(=O)CC2C(=O)Nc3ccc(C)cc32)no1. The molecule has 26 heavy (non-hydrogen) atoms. The van der Waals surface area contributed by atoms with Gasteiger partial charge in [0.05, 0.1) is 12.5 Å². The Kier molecular flexibility index (Phi) is 5.35. The number of anilines is 1. The molecular weight excluding hydrogens is 332 g/mol. The molecule has 2 heterocycles. The highest BCUT2D eigenvalue weighted by atomic mass is 16.5. The predicted molar refractivity (Wildman–Crippen MR) is 96.6 cm³/mol. The summed E-state index contributed by atoms with van der Waals surface area (Å²) < 4.78 is 5.18. The number of aromatic nitrogens is 2. The first kappa shape index (κ1) is 18.1. The maximum absolute atomic E-state index is 12.8. The molecule has 0 saturated heterocycles. The van der Waals surface area contributed by atoms with E-state index in [4.69, 9.17) is 4.52 Å². The minimum absolute atomic E-state index is 0.0937. The number of nitrogens with one attached hydrogen (secondary N) is 1. The fourth-order valence-electron chi connectivity index (χ4n) is 3.17. The number of amides is 2. The van der Waals surface area contributed by atoms with Crippen molar-refractivity contribution in [2.45, 2.75) is 52.5 Å². The monoisotopic (exact) mass is 356 g/mol. The smallest absolute Gasteiger partial charge is 0.232 e. The van der Waals surface area contributed by atoms with E-state index in [1.807, 2.05) is 39.0 Å². The second-order valence-electron chi connectivity index (χ2n) is 6.60. The van der Waals surface area contributed by atoms with Gasteiger partial charge < -0.3 is 14.7 Å². The summed E-state index contributed by atoms with van der Waals surface area (Å²) in [4.78, 5) is 31.0. The van der Waals surface area contributed by atoms with Crippen molar-refractivity contribution in [3.8, 4) is 0 Å². The first-order valence-electron chi connectivity index (χ1n) is 9.02. The molecule has 1 unspecified atom stereocenters. The van der Waals surface area contributed by atoms with Gasteiger partial charge in [0, 0.05) is 25.1 Å². The molecule has 1 aromatic carbocycles. The van der Waals surface area contributed by atoms with Crippen LogP contribution in [0.15, 0.2) is 22.7 Å². The molecule has 0 saturated carbocycles. The number of carbonyl (C=O) groups is 2. The molecule has 0 spiro atoms. The lowest BCUT2D eigenvalue weighted by Gasteiger charge is -2.20. The van der Waals surface area contributed by atoms with Gasteiger partial charge in [0.1, 0.15) is 0 Å². The van der Waals surface area contributed by atoms with E-state index in [2.05, 4.69) is 15.5 Å². The van der Waals surface area contributed by atoms with Crippen LogP contribution in [0.1, 0.15) is 55.4 Å². The van der Waals surface area contributed by atoms with E-state index < -0.39 is 5.92 Å². The molecule has 2 amide bonds. The highest BCUT2D eigenvalue weighted by molar-refractivity contribution is 6.05. The minimum atomic E-state index is -0.452. The number of carbonyl (C=O) groups excluding carboxylic acids is 2. The van der Waals surface area contributed by atoms with E-state index >= 15 is 0 Å². The molecule has 1 aromatic heterocycles. The second kappa shape index (κ2) is 7.68. The summed E-state index contributed by atoms with van der Waals surface area (Å²) in [6.07, 6.45) is 1.79. The van der Waals surface area contributed by atoms with Crippen LogP contribution in [-0.2, 0) is 22.6 Å². The van der Waals surface area contributed by atoms with Crippen molar-refractivity contribution in [2.24, 2.45) is 0 Å². The molecular formula is C19H24N4O3. The molecule has 0 bridgehead atoms. The molecule has 1 aliphatic rings. The minimum Gasteiger partial charge on any atom is -0.339 e. The molecule has 1 atom stereocenters. The second-order valence-corrected chi connectivity index (χ2v) is 6.60. The van der Waals surface area contributed by atoms with Crippen LogP contribution in [0.2, 0.25) is 0 Å². The molecule has 1 aliphatic heterocycles. The predicted octanol–water partition coefficient (Wildman–Crippen LogP) is 2.81. The summed E-state index contributed by atoms with van der Waals surface area (Å²) in [5.74, 6) is 0.414. The zero-order valence-corrected chi connectivity index (χ0v) is 15.4. The fourth-order valence-corrected chi connectivity index (χ4v) is 3.17. The van der Waals surface area contributed by atoms with Gasteiger partial charge in [-0.1, -0.05) is 29.8 Å². The average Bonchev–Trinajstić information content (AvgIpc) is 3.18. The molecule has 0 aliphatic carbocycles. The number of fused-ring (bicyclic) bond motifs is 1. The van der Waals surface area contributed by atoms with E-state index in [0.29, 0.717) is 18.3 Å². The topological polar surface area (TPSA) is 88.3 Å². The lowest BCUT2D eigenvalue weighted by atomic mass is 9.95. The summed E-state index contributed by atoms with van der Waals surface area (Å²) >= 11 is 0. The largest absolute Gasteiger partial charge is 0.339 e. The van der Waals surface area contributed by atoms with E-state index in [9.17, 15) is 9.59 Å². The summed E-state index contributed by atoms with van der Waals surface area (Å²) in [6.45, 7) is 6.73. The van der Waals surface area contributed by atoms with Gasteiger partial charge in [0.15, 0.2) is 5.82 Å². The molecule has 1 N–H and O–H groups in total. The first-order chi connectivity index (χ1) is 12.5. The number of hydrogen-bond acceptors (Lipinski definition) is 5. The summed E-state index contributed by atoms with van der Waals surface area (Å²) in [5.41, 5.74) is 2.76. The van der Waals surface area contributed by atoms with Crippen molar-refractivity contribution in [1.29, 1.82) is 0 Å².